The first kappa shape index (κ1) is 11.2. The van der Waals surface area contributed by atoms with Gasteiger partial charge in [-0.2, -0.15) is 0 Å². The monoisotopic (exact) mass is 292 g/mol. The Morgan fingerprint density at radius 2 is 2.18 bits per heavy atom. The first-order valence-electron chi connectivity index (χ1n) is 5.79. The lowest BCUT2D eigenvalue weighted by atomic mass is 9.86. The van der Waals surface area contributed by atoms with Crippen LogP contribution in [0.25, 0.3) is 0 Å². The Balaban J connectivity index is 2.10. The van der Waals surface area contributed by atoms with Gasteiger partial charge in [0.05, 0.1) is 6.10 Å². The molecule has 0 aliphatic heterocycles. The number of allylic oxidation sites excluding steroid dienone is 1. The fraction of sp³-hybridized carbons (Fsp3) is 0.357. The highest BCUT2D eigenvalue weighted by molar-refractivity contribution is 9.10. The van der Waals surface area contributed by atoms with Crippen LogP contribution in [0, 0.1) is 0 Å². The summed E-state index contributed by atoms with van der Waals surface area (Å²) in [5, 5.41) is 0. The van der Waals surface area contributed by atoms with Gasteiger partial charge in [0.15, 0.2) is 5.78 Å². The molecule has 0 saturated heterocycles. The molecule has 2 aliphatic rings. The van der Waals surface area contributed by atoms with Crippen molar-refractivity contribution in [3.8, 4) is 0 Å². The molecular formula is C14H13BrO2. The van der Waals surface area contributed by atoms with Gasteiger partial charge in [0.1, 0.15) is 0 Å². The van der Waals surface area contributed by atoms with Crippen LogP contribution in [-0.2, 0) is 4.74 Å². The van der Waals surface area contributed by atoms with E-state index < -0.39 is 0 Å². The van der Waals surface area contributed by atoms with E-state index in [9.17, 15) is 4.79 Å². The van der Waals surface area contributed by atoms with Crippen molar-refractivity contribution in [3.05, 3.63) is 45.4 Å². The Morgan fingerprint density at radius 3 is 2.94 bits per heavy atom. The Bertz CT molecular complexity index is 519. The SMILES string of the molecule is COC1C=C2C(=O)c3cc(Br)ccc3C2CC1. The van der Waals surface area contributed by atoms with Crippen molar-refractivity contribution in [2.45, 2.75) is 24.9 Å². The predicted octanol–water partition coefficient (Wildman–Crippen LogP) is 3.46. The van der Waals surface area contributed by atoms with Gasteiger partial charge < -0.3 is 4.74 Å². The molecule has 0 amide bonds. The minimum Gasteiger partial charge on any atom is -0.377 e. The first-order valence-corrected chi connectivity index (χ1v) is 6.58. The van der Waals surface area contributed by atoms with Gasteiger partial charge in [-0.25, -0.2) is 0 Å². The van der Waals surface area contributed by atoms with Gasteiger partial charge in [0, 0.05) is 28.6 Å². The number of Topliss-reactive ketones (excluding diaryl/α,β-unsaturated/α-hetero) is 1. The number of methoxy groups -OCH3 is 1. The Hall–Kier alpha value is -0.930. The molecule has 1 aromatic rings. The van der Waals surface area contributed by atoms with Crippen molar-refractivity contribution >= 4 is 21.7 Å². The van der Waals surface area contributed by atoms with Gasteiger partial charge in [-0.15, -0.1) is 0 Å². The molecule has 3 rings (SSSR count). The molecule has 2 atom stereocenters. The van der Waals surface area contributed by atoms with E-state index in [1.165, 1.54) is 5.56 Å². The molecule has 3 heteroatoms. The second kappa shape index (κ2) is 4.07. The Labute approximate surface area is 109 Å². The smallest absolute Gasteiger partial charge is 0.189 e. The molecule has 0 bridgehead atoms. The highest BCUT2D eigenvalue weighted by Crippen LogP contribution is 2.44. The number of carbonyl (C=O) groups is 1. The van der Waals surface area contributed by atoms with E-state index in [0.717, 1.165) is 28.5 Å². The van der Waals surface area contributed by atoms with Crippen molar-refractivity contribution < 1.29 is 9.53 Å². The van der Waals surface area contributed by atoms with Crippen LogP contribution in [0.2, 0.25) is 0 Å². The highest BCUT2D eigenvalue weighted by Gasteiger charge is 2.37. The normalized spacial score (nSPS) is 26.5. The second-order valence-corrected chi connectivity index (χ2v) is 5.50. The average Bonchev–Trinajstić information content (AvgIpc) is 2.62. The molecule has 1 aromatic carbocycles. The fourth-order valence-electron chi connectivity index (χ4n) is 2.81. The number of fused-ring (bicyclic) bond motifs is 3. The van der Waals surface area contributed by atoms with Crippen LogP contribution in [0.15, 0.2) is 34.3 Å². The zero-order valence-corrected chi connectivity index (χ0v) is 11.2. The standard InChI is InChI=1S/C14H13BrO2/c1-17-9-3-5-11-10-4-2-8(15)6-12(10)14(16)13(11)7-9/h2,4,6-7,9,11H,3,5H2,1H3. The van der Waals surface area contributed by atoms with Gasteiger partial charge in [-0.05, 0) is 36.6 Å². The third kappa shape index (κ3) is 1.69. The summed E-state index contributed by atoms with van der Waals surface area (Å²) < 4.78 is 6.30. The van der Waals surface area contributed by atoms with Gasteiger partial charge >= 0.3 is 0 Å². The van der Waals surface area contributed by atoms with Crippen LogP contribution >= 0.6 is 15.9 Å². The largest absolute Gasteiger partial charge is 0.377 e. The minimum absolute atomic E-state index is 0.1000. The van der Waals surface area contributed by atoms with E-state index in [1.807, 2.05) is 18.2 Å². The molecule has 2 unspecified atom stereocenters. The topological polar surface area (TPSA) is 26.3 Å². The Kier molecular flexibility index (Phi) is 2.68. The molecule has 0 spiro atoms. The van der Waals surface area contributed by atoms with Crippen molar-refractivity contribution in [1.82, 2.24) is 0 Å². The van der Waals surface area contributed by atoms with Crippen LogP contribution in [0.1, 0.15) is 34.7 Å². The number of hydrogen-bond acceptors (Lipinski definition) is 2. The molecule has 0 heterocycles. The number of halogens is 1. The lowest BCUT2D eigenvalue weighted by molar-refractivity contribution is 0.101. The van der Waals surface area contributed by atoms with Crippen LogP contribution in [-0.4, -0.2) is 19.0 Å². The van der Waals surface area contributed by atoms with Crippen LogP contribution in [0.5, 0.6) is 0 Å². The summed E-state index contributed by atoms with van der Waals surface area (Å²) in [5.41, 5.74) is 2.96. The molecule has 17 heavy (non-hydrogen) atoms. The molecule has 2 aliphatic carbocycles. The zero-order chi connectivity index (χ0) is 12.0. The lowest BCUT2D eigenvalue weighted by Gasteiger charge is -2.22. The fourth-order valence-corrected chi connectivity index (χ4v) is 3.17. The van der Waals surface area contributed by atoms with Gasteiger partial charge in [-0.3, -0.25) is 4.79 Å². The Morgan fingerprint density at radius 1 is 1.35 bits per heavy atom. The number of carbonyl (C=O) groups excluding carboxylic acids is 1. The van der Waals surface area contributed by atoms with E-state index in [2.05, 4.69) is 22.0 Å². The number of ether oxygens (including phenoxy) is 1. The van der Waals surface area contributed by atoms with Crippen molar-refractivity contribution in [1.29, 1.82) is 0 Å². The summed E-state index contributed by atoms with van der Waals surface area (Å²) in [5.74, 6) is 0.463. The maximum atomic E-state index is 12.3. The molecule has 0 fully saturated rings. The van der Waals surface area contributed by atoms with Crippen LogP contribution < -0.4 is 0 Å². The van der Waals surface area contributed by atoms with Crippen LogP contribution in [0.4, 0.5) is 0 Å². The van der Waals surface area contributed by atoms with Crippen molar-refractivity contribution in [3.63, 3.8) is 0 Å². The minimum atomic E-state index is 0.1000. The molecule has 0 N–H and O–H groups in total. The summed E-state index contributed by atoms with van der Waals surface area (Å²) >= 11 is 3.42. The lowest BCUT2D eigenvalue weighted by Crippen LogP contribution is -2.17. The van der Waals surface area contributed by atoms with Gasteiger partial charge in [0.2, 0.25) is 0 Å². The summed E-state index contributed by atoms with van der Waals surface area (Å²) in [6.07, 6.45) is 4.10. The van der Waals surface area contributed by atoms with Gasteiger partial charge in [0.25, 0.3) is 0 Å². The molecular weight excluding hydrogens is 280 g/mol. The summed E-state index contributed by atoms with van der Waals surface area (Å²) in [7, 11) is 1.70. The quantitative estimate of drug-likeness (QED) is 0.792. The van der Waals surface area contributed by atoms with E-state index in [-0.39, 0.29) is 17.8 Å². The average molecular weight is 293 g/mol. The highest BCUT2D eigenvalue weighted by atomic mass is 79.9. The van der Waals surface area contributed by atoms with Crippen molar-refractivity contribution in [2.24, 2.45) is 0 Å². The second-order valence-electron chi connectivity index (χ2n) is 4.59. The zero-order valence-electron chi connectivity index (χ0n) is 9.57. The number of ketones is 1. The number of hydrogen-bond donors (Lipinski definition) is 0. The first-order chi connectivity index (χ1) is 8.20. The maximum absolute atomic E-state index is 12.3. The van der Waals surface area contributed by atoms with E-state index in [4.69, 9.17) is 4.74 Å². The van der Waals surface area contributed by atoms with E-state index >= 15 is 0 Å². The summed E-state index contributed by atoms with van der Waals surface area (Å²) in [4.78, 5) is 12.3. The van der Waals surface area contributed by atoms with E-state index in [1.54, 1.807) is 7.11 Å². The number of benzene rings is 1. The molecule has 0 aromatic heterocycles. The molecule has 0 radical (unpaired) electrons. The predicted molar refractivity (Wildman–Crippen MR) is 69.3 cm³/mol. The van der Waals surface area contributed by atoms with Crippen LogP contribution in [0.3, 0.4) is 0 Å². The molecule has 0 saturated carbocycles. The molecule has 88 valence electrons. The number of rotatable bonds is 1. The summed E-state index contributed by atoms with van der Waals surface area (Å²) in [6.45, 7) is 0. The maximum Gasteiger partial charge on any atom is 0.189 e. The van der Waals surface area contributed by atoms with E-state index in [0.29, 0.717) is 0 Å². The van der Waals surface area contributed by atoms with Gasteiger partial charge in [-0.1, -0.05) is 22.0 Å². The molecule has 2 nitrogen and oxygen atoms in total. The third-order valence-corrected chi connectivity index (χ3v) is 4.17. The third-order valence-electron chi connectivity index (χ3n) is 3.68. The van der Waals surface area contributed by atoms with Crippen molar-refractivity contribution in [2.75, 3.05) is 7.11 Å². The summed E-state index contributed by atoms with van der Waals surface area (Å²) in [6, 6.07) is 6.01.